The third-order valence-electron chi connectivity index (χ3n) is 0.225. The van der Waals surface area contributed by atoms with Gasteiger partial charge in [0.05, 0.1) is 6.20 Å². The molecule has 0 rings (SSSR count). The lowest BCUT2D eigenvalue weighted by Gasteiger charge is -1.52. The van der Waals surface area contributed by atoms with Crippen molar-refractivity contribution in [2.45, 2.75) is 0 Å². The van der Waals surface area contributed by atoms with Gasteiger partial charge in [0.25, 0.3) is 0 Å². The topological polar surface area (TPSA) is 46.5 Å². The number of nitroso groups, excluding NO2 is 1. The van der Waals surface area contributed by atoms with Crippen LogP contribution < -0.4 is 0 Å². The van der Waals surface area contributed by atoms with Crippen molar-refractivity contribution in [1.82, 2.24) is 0 Å². The summed E-state index contributed by atoms with van der Waals surface area (Å²) >= 11 is 0. The fraction of sp³-hybridized carbons (Fsp3) is 0. The summed E-state index contributed by atoms with van der Waals surface area (Å²) in [4.78, 5) is 18.3. The van der Waals surface area contributed by atoms with Gasteiger partial charge in [-0.3, -0.25) is 4.79 Å². The summed E-state index contributed by atoms with van der Waals surface area (Å²) in [5, 5.41) is 2.26. The highest BCUT2D eigenvalue weighted by Crippen LogP contribution is 1.63. The van der Waals surface area contributed by atoms with Gasteiger partial charge in [0.15, 0.2) is 0 Å². The van der Waals surface area contributed by atoms with Crippen LogP contribution in [0.15, 0.2) is 17.5 Å². The van der Waals surface area contributed by atoms with Gasteiger partial charge < -0.3 is 0 Å². The Labute approximate surface area is 34.6 Å². The van der Waals surface area contributed by atoms with Gasteiger partial charge in [0.1, 0.15) is 6.29 Å². The number of aldehydes is 1. The zero-order chi connectivity index (χ0) is 4.83. The first kappa shape index (κ1) is 5.01. The lowest BCUT2D eigenvalue weighted by molar-refractivity contribution is -0.104. The number of rotatable bonds is 2. The van der Waals surface area contributed by atoms with E-state index in [1.807, 2.05) is 0 Å². The third-order valence-corrected chi connectivity index (χ3v) is 0.225. The lowest BCUT2D eigenvalue weighted by Crippen LogP contribution is -1.52. The zero-order valence-corrected chi connectivity index (χ0v) is 3.00. The van der Waals surface area contributed by atoms with Crippen molar-refractivity contribution in [2.75, 3.05) is 0 Å². The largest absolute Gasteiger partial charge is 0.299 e. The first-order valence-electron chi connectivity index (χ1n) is 1.34. The highest BCUT2D eigenvalue weighted by Gasteiger charge is 1.56. The fourth-order valence-electron chi connectivity index (χ4n) is 0.0703. The molecule has 0 aliphatic heterocycles. The van der Waals surface area contributed by atoms with Crippen LogP contribution in [-0.2, 0) is 4.79 Å². The molecule has 0 amide bonds. The van der Waals surface area contributed by atoms with Crippen LogP contribution in [0.3, 0.4) is 0 Å². The Kier molecular flexibility index (Phi) is 3.35. The van der Waals surface area contributed by atoms with Gasteiger partial charge in [-0.2, -0.15) is 0 Å². The molecule has 0 heterocycles. The molecule has 0 bridgehead atoms. The second-order valence-electron chi connectivity index (χ2n) is 0.583. The zero-order valence-electron chi connectivity index (χ0n) is 3.00. The molecule has 0 unspecified atom stereocenters. The average molecular weight is 85.1 g/mol. The first-order chi connectivity index (χ1) is 2.91. The predicted octanol–water partition coefficient (Wildman–Crippen LogP) is 0.465. The Morgan fingerprint density at radius 1 is 1.50 bits per heavy atom. The van der Waals surface area contributed by atoms with E-state index < -0.39 is 0 Å². The summed E-state index contributed by atoms with van der Waals surface area (Å²) in [6.07, 6.45) is 2.39. The quantitative estimate of drug-likeness (QED) is 0.278. The van der Waals surface area contributed by atoms with Crippen LogP contribution >= 0.6 is 0 Å². The Morgan fingerprint density at radius 2 is 2.17 bits per heavy atom. The fourth-order valence-corrected chi connectivity index (χ4v) is 0.0703. The smallest absolute Gasteiger partial charge is 0.144 e. The average Bonchev–Trinajstić information content (AvgIpc) is 1.61. The van der Waals surface area contributed by atoms with Gasteiger partial charge in [0, 0.05) is 0 Å². The number of nitrogens with zero attached hydrogens (tertiary/aromatic N) is 1. The molecular formula is C3H3NO2. The molecule has 3 heteroatoms. The predicted molar refractivity (Wildman–Crippen MR) is 21.0 cm³/mol. The number of hydrogen-bond donors (Lipinski definition) is 0. The van der Waals surface area contributed by atoms with Crippen molar-refractivity contribution in [3.8, 4) is 0 Å². The van der Waals surface area contributed by atoms with E-state index in [0.717, 1.165) is 12.3 Å². The molecule has 6 heavy (non-hydrogen) atoms. The Morgan fingerprint density at radius 3 is 2.33 bits per heavy atom. The van der Waals surface area contributed by atoms with E-state index in [9.17, 15) is 4.79 Å². The number of carbonyl (C=O) groups is 1. The van der Waals surface area contributed by atoms with Crippen molar-refractivity contribution in [3.63, 3.8) is 0 Å². The molecule has 0 aliphatic rings. The van der Waals surface area contributed by atoms with Gasteiger partial charge >= 0.3 is 0 Å². The molecule has 0 N–H and O–H groups in total. The molecule has 0 fully saturated rings. The minimum absolute atomic E-state index is 0.488. The maximum atomic E-state index is 9.28. The Balaban J connectivity index is 3.17. The van der Waals surface area contributed by atoms with Crippen LogP contribution in [0.4, 0.5) is 0 Å². The van der Waals surface area contributed by atoms with Crippen molar-refractivity contribution < 1.29 is 4.79 Å². The summed E-state index contributed by atoms with van der Waals surface area (Å²) in [5.41, 5.74) is 0. The summed E-state index contributed by atoms with van der Waals surface area (Å²) in [5.74, 6) is 0. The van der Waals surface area contributed by atoms with E-state index in [0.29, 0.717) is 6.29 Å². The van der Waals surface area contributed by atoms with E-state index >= 15 is 0 Å². The maximum Gasteiger partial charge on any atom is 0.144 e. The van der Waals surface area contributed by atoms with Gasteiger partial charge in [-0.25, -0.2) is 0 Å². The van der Waals surface area contributed by atoms with Crippen LogP contribution in [0.2, 0.25) is 0 Å². The number of allylic oxidation sites excluding steroid dienone is 1. The SMILES string of the molecule is O=CC=CN=O. The van der Waals surface area contributed by atoms with Crippen molar-refractivity contribution in [2.24, 2.45) is 5.18 Å². The minimum atomic E-state index is 0.488. The van der Waals surface area contributed by atoms with Crippen LogP contribution in [-0.4, -0.2) is 6.29 Å². The first-order valence-corrected chi connectivity index (χ1v) is 1.34. The van der Waals surface area contributed by atoms with E-state index in [2.05, 4.69) is 5.18 Å². The summed E-state index contributed by atoms with van der Waals surface area (Å²) in [6.45, 7) is 0. The van der Waals surface area contributed by atoms with Crippen molar-refractivity contribution in [3.05, 3.63) is 17.2 Å². The molecule has 0 aromatic rings. The molecule has 0 spiro atoms. The molecule has 3 nitrogen and oxygen atoms in total. The highest BCUT2D eigenvalue weighted by atomic mass is 16.2. The Bertz CT molecular complexity index is 66.9. The lowest BCUT2D eigenvalue weighted by atomic mass is 10.7. The molecule has 0 saturated heterocycles. The highest BCUT2D eigenvalue weighted by molar-refractivity contribution is 5.64. The molecule has 0 aliphatic carbocycles. The standard InChI is InChI=1S/C3H3NO2/c5-3-1-2-4-6/h1-3H. The molecule has 0 saturated carbocycles. The van der Waals surface area contributed by atoms with E-state index in [1.165, 1.54) is 0 Å². The molecule has 0 radical (unpaired) electrons. The number of carbonyl (C=O) groups excluding carboxylic acids is 1. The normalized spacial score (nSPS) is 8.67. The van der Waals surface area contributed by atoms with E-state index in [4.69, 9.17) is 4.91 Å². The van der Waals surface area contributed by atoms with Gasteiger partial charge in [-0.1, -0.05) is 0 Å². The van der Waals surface area contributed by atoms with Gasteiger partial charge in [0.2, 0.25) is 0 Å². The van der Waals surface area contributed by atoms with E-state index in [1.54, 1.807) is 0 Å². The van der Waals surface area contributed by atoms with Crippen molar-refractivity contribution in [1.29, 1.82) is 0 Å². The second-order valence-corrected chi connectivity index (χ2v) is 0.583. The van der Waals surface area contributed by atoms with Gasteiger partial charge in [-0.05, 0) is 11.3 Å². The van der Waals surface area contributed by atoms with Gasteiger partial charge in [-0.15, -0.1) is 4.91 Å². The van der Waals surface area contributed by atoms with Crippen LogP contribution in [0.1, 0.15) is 0 Å². The van der Waals surface area contributed by atoms with Crippen LogP contribution in [0.25, 0.3) is 0 Å². The molecular weight excluding hydrogens is 82.0 g/mol. The van der Waals surface area contributed by atoms with Crippen molar-refractivity contribution >= 4 is 6.29 Å². The van der Waals surface area contributed by atoms with Crippen LogP contribution in [0.5, 0.6) is 0 Å². The minimum Gasteiger partial charge on any atom is -0.299 e. The Hall–Kier alpha value is -0.990. The summed E-state index contributed by atoms with van der Waals surface area (Å²) in [7, 11) is 0. The molecule has 0 aromatic carbocycles. The van der Waals surface area contributed by atoms with E-state index in [-0.39, 0.29) is 0 Å². The second kappa shape index (κ2) is 4.01. The molecule has 0 aromatic heterocycles. The molecule has 32 valence electrons. The van der Waals surface area contributed by atoms with Crippen LogP contribution in [0, 0.1) is 4.91 Å². The third kappa shape index (κ3) is 3.01. The summed E-state index contributed by atoms with van der Waals surface area (Å²) in [6, 6.07) is 0. The number of hydrogen-bond acceptors (Lipinski definition) is 3. The summed E-state index contributed by atoms with van der Waals surface area (Å²) < 4.78 is 0. The maximum absolute atomic E-state index is 9.28. The monoisotopic (exact) mass is 85.0 g/mol. The molecule has 0 atom stereocenters.